The second-order valence-electron chi connectivity index (χ2n) is 8.48. The third-order valence-corrected chi connectivity index (χ3v) is 6.77. The van der Waals surface area contributed by atoms with Crippen LogP contribution in [0.2, 0.25) is 0 Å². The summed E-state index contributed by atoms with van der Waals surface area (Å²) < 4.78 is 1.84. The van der Waals surface area contributed by atoms with Gasteiger partial charge in [-0.15, -0.1) is 0 Å². The highest BCUT2D eigenvalue weighted by Crippen LogP contribution is 2.20. The van der Waals surface area contributed by atoms with Crippen LogP contribution in [0.5, 0.6) is 0 Å². The second-order valence-corrected chi connectivity index (χ2v) is 9.54. The van der Waals surface area contributed by atoms with Gasteiger partial charge in [0.05, 0.1) is 10.9 Å². The van der Waals surface area contributed by atoms with E-state index in [1.807, 2.05) is 33.7 Å². The molecule has 3 rings (SSSR count). The van der Waals surface area contributed by atoms with Crippen molar-refractivity contribution in [3.63, 3.8) is 0 Å². The molecule has 0 N–H and O–H groups in total. The van der Waals surface area contributed by atoms with Crippen LogP contribution in [0.4, 0.5) is 0 Å². The summed E-state index contributed by atoms with van der Waals surface area (Å²) in [5.41, 5.74) is 0.783. The van der Waals surface area contributed by atoms with Gasteiger partial charge in [-0.2, -0.15) is 0 Å². The van der Waals surface area contributed by atoms with E-state index in [4.69, 9.17) is 4.98 Å². The van der Waals surface area contributed by atoms with E-state index in [9.17, 15) is 9.59 Å². The number of fused-ring (bicyclic) bond motifs is 1. The smallest absolute Gasteiger partial charge is 0.262 e. The molecule has 164 valence electrons. The van der Waals surface area contributed by atoms with Crippen LogP contribution >= 0.6 is 11.8 Å². The number of hydrogen-bond donors (Lipinski definition) is 0. The highest BCUT2D eigenvalue weighted by Gasteiger charge is 2.20. The van der Waals surface area contributed by atoms with Crippen molar-refractivity contribution in [2.24, 2.45) is 0 Å². The summed E-state index contributed by atoms with van der Waals surface area (Å²) in [5, 5.41) is 1.45. The Hall–Kier alpha value is -1.86. The first-order valence-corrected chi connectivity index (χ1v) is 12.0. The number of rotatable bonds is 10. The highest BCUT2D eigenvalue weighted by atomic mass is 32.2. The first kappa shape index (κ1) is 22.8. The molecule has 1 saturated heterocycles. The van der Waals surface area contributed by atoms with Crippen molar-refractivity contribution in [3.8, 4) is 0 Å². The lowest BCUT2D eigenvalue weighted by Gasteiger charge is -2.30. The molecular formula is C23H34N4O2S. The normalized spacial score (nSPS) is 14.8. The number of thioether (sulfide) groups is 1. The molecule has 1 amide bonds. The number of nitrogens with zero attached hydrogens (tertiary/aromatic N) is 4. The van der Waals surface area contributed by atoms with Gasteiger partial charge in [0, 0.05) is 50.4 Å². The van der Waals surface area contributed by atoms with Crippen molar-refractivity contribution in [1.29, 1.82) is 0 Å². The van der Waals surface area contributed by atoms with Crippen LogP contribution in [-0.4, -0.2) is 62.7 Å². The largest absolute Gasteiger partial charge is 0.343 e. The molecule has 0 saturated carbocycles. The zero-order chi connectivity index (χ0) is 21.7. The van der Waals surface area contributed by atoms with E-state index in [-0.39, 0.29) is 11.5 Å². The van der Waals surface area contributed by atoms with Gasteiger partial charge in [0.2, 0.25) is 5.91 Å². The predicted octanol–water partition coefficient (Wildman–Crippen LogP) is 3.62. The average molecular weight is 431 g/mol. The van der Waals surface area contributed by atoms with Crippen molar-refractivity contribution >= 4 is 28.6 Å². The van der Waals surface area contributed by atoms with Gasteiger partial charge >= 0.3 is 0 Å². The van der Waals surface area contributed by atoms with E-state index in [0.29, 0.717) is 30.4 Å². The summed E-state index contributed by atoms with van der Waals surface area (Å²) >= 11 is 1.62. The lowest BCUT2D eigenvalue weighted by molar-refractivity contribution is -0.127. The number of hydrogen-bond acceptors (Lipinski definition) is 5. The fourth-order valence-electron chi connectivity index (χ4n) is 4.14. The van der Waals surface area contributed by atoms with Crippen molar-refractivity contribution in [3.05, 3.63) is 34.6 Å². The molecule has 30 heavy (non-hydrogen) atoms. The Labute approximate surface area is 183 Å². The van der Waals surface area contributed by atoms with Gasteiger partial charge in [-0.1, -0.05) is 23.9 Å². The maximum atomic E-state index is 13.2. The molecule has 1 aromatic heterocycles. The fourth-order valence-corrected chi connectivity index (χ4v) is 5.09. The number of carbonyl (C=O) groups excluding carboxylic acids is 1. The maximum absolute atomic E-state index is 13.2. The zero-order valence-corrected chi connectivity index (χ0v) is 19.5. The third-order valence-electron chi connectivity index (χ3n) is 5.71. The highest BCUT2D eigenvalue weighted by molar-refractivity contribution is 7.99. The van der Waals surface area contributed by atoms with Crippen molar-refractivity contribution < 1.29 is 4.79 Å². The molecule has 6 nitrogen and oxygen atoms in total. The van der Waals surface area contributed by atoms with E-state index in [1.165, 1.54) is 0 Å². The number of likely N-dealkylation sites (tertiary alicyclic amines) is 1. The summed E-state index contributed by atoms with van der Waals surface area (Å²) in [6.07, 6.45) is 2.56. The molecule has 0 atom stereocenters. The topological polar surface area (TPSA) is 58.4 Å². The van der Waals surface area contributed by atoms with Crippen LogP contribution in [0.15, 0.2) is 34.2 Å². The minimum atomic E-state index is 0.0327. The Balaban J connectivity index is 1.76. The SMILES string of the molecule is CC(C)N(CCn1c(SCCCN2CCCC2=O)nc2ccccc2c1=O)C(C)C. The van der Waals surface area contributed by atoms with E-state index in [0.717, 1.165) is 48.9 Å². The van der Waals surface area contributed by atoms with E-state index in [1.54, 1.807) is 11.8 Å². The van der Waals surface area contributed by atoms with Gasteiger partial charge in [0.25, 0.3) is 5.56 Å². The first-order chi connectivity index (χ1) is 14.4. The Bertz CT molecular complexity index is 917. The van der Waals surface area contributed by atoms with Crippen molar-refractivity contribution in [1.82, 2.24) is 19.4 Å². The van der Waals surface area contributed by atoms with Crippen LogP contribution in [0, 0.1) is 0 Å². The lowest BCUT2D eigenvalue weighted by Crippen LogP contribution is -2.40. The van der Waals surface area contributed by atoms with Gasteiger partial charge in [0.1, 0.15) is 0 Å². The Kier molecular flexibility index (Phi) is 7.94. The van der Waals surface area contributed by atoms with Crippen molar-refractivity contribution in [2.75, 3.05) is 25.4 Å². The molecule has 0 radical (unpaired) electrons. The molecule has 0 aliphatic carbocycles. The number of amides is 1. The van der Waals surface area contributed by atoms with E-state index >= 15 is 0 Å². The van der Waals surface area contributed by atoms with Crippen LogP contribution in [0.25, 0.3) is 10.9 Å². The van der Waals surface area contributed by atoms with Gasteiger partial charge in [0.15, 0.2) is 5.16 Å². The Morgan fingerprint density at radius 1 is 1.10 bits per heavy atom. The molecule has 0 spiro atoms. The molecular weight excluding hydrogens is 396 g/mol. The van der Waals surface area contributed by atoms with Gasteiger partial charge in [-0.3, -0.25) is 19.1 Å². The van der Waals surface area contributed by atoms with Gasteiger partial charge < -0.3 is 4.90 Å². The quantitative estimate of drug-likeness (QED) is 0.327. The minimum Gasteiger partial charge on any atom is -0.343 e. The Morgan fingerprint density at radius 3 is 2.50 bits per heavy atom. The minimum absolute atomic E-state index is 0.0327. The van der Waals surface area contributed by atoms with E-state index < -0.39 is 0 Å². The molecule has 0 unspecified atom stereocenters. The molecule has 1 aliphatic heterocycles. The summed E-state index contributed by atoms with van der Waals surface area (Å²) in [6, 6.07) is 8.42. The average Bonchev–Trinajstić information content (AvgIpc) is 3.11. The third kappa shape index (κ3) is 5.43. The van der Waals surface area contributed by atoms with Crippen LogP contribution in [0.1, 0.15) is 47.0 Å². The summed E-state index contributed by atoms with van der Waals surface area (Å²) in [6.45, 7) is 11.9. The first-order valence-electron chi connectivity index (χ1n) is 11.0. The van der Waals surface area contributed by atoms with Crippen LogP contribution < -0.4 is 5.56 Å². The fraction of sp³-hybridized carbons (Fsp3) is 0.609. The van der Waals surface area contributed by atoms with Crippen LogP contribution in [0.3, 0.4) is 0 Å². The second kappa shape index (κ2) is 10.4. The number of carbonyl (C=O) groups is 1. The van der Waals surface area contributed by atoms with E-state index in [2.05, 4.69) is 32.6 Å². The summed E-state index contributed by atoms with van der Waals surface area (Å²) in [5.74, 6) is 1.11. The molecule has 2 aromatic rings. The molecule has 1 aliphatic rings. The van der Waals surface area contributed by atoms with Crippen molar-refractivity contribution in [2.45, 2.75) is 70.7 Å². The lowest BCUT2D eigenvalue weighted by atomic mass is 10.2. The van der Waals surface area contributed by atoms with Gasteiger partial charge in [-0.25, -0.2) is 4.98 Å². The number of para-hydroxylation sites is 1. The Morgan fingerprint density at radius 2 is 1.83 bits per heavy atom. The monoisotopic (exact) mass is 430 g/mol. The molecule has 1 aromatic carbocycles. The predicted molar refractivity (Wildman–Crippen MR) is 124 cm³/mol. The molecule has 1 fully saturated rings. The molecule has 2 heterocycles. The van der Waals surface area contributed by atoms with Crippen LogP contribution in [-0.2, 0) is 11.3 Å². The summed E-state index contributed by atoms with van der Waals surface area (Å²) in [7, 11) is 0. The molecule has 7 heteroatoms. The number of benzene rings is 1. The zero-order valence-electron chi connectivity index (χ0n) is 18.6. The molecule has 0 bridgehead atoms. The number of aromatic nitrogens is 2. The van der Waals surface area contributed by atoms with Gasteiger partial charge in [-0.05, 0) is 52.7 Å². The maximum Gasteiger partial charge on any atom is 0.262 e. The standard InChI is InChI=1S/C23H34N4O2S/c1-17(2)26(18(3)4)14-15-27-22(29)19-9-5-6-10-20(19)24-23(27)30-16-8-13-25-12-7-11-21(25)28/h5-6,9-10,17-18H,7-8,11-16H2,1-4H3. The summed E-state index contributed by atoms with van der Waals surface area (Å²) in [4.78, 5) is 34.2.